The fourth-order valence-electron chi connectivity index (χ4n) is 1.38. The summed E-state index contributed by atoms with van der Waals surface area (Å²) in [6.45, 7) is -0.961. The van der Waals surface area contributed by atoms with E-state index < -0.39 is 31.4 Å². The van der Waals surface area contributed by atoms with Crippen molar-refractivity contribution in [1.82, 2.24) is 4.90 Å². The van der Waals surface area contributed by atoms with Gasteiger partial charge in [-0.3, -0.25) is 4.90 Å². The fraction of sp³-hybridized carbons (Fsp3) is 1.00. The maximum atomic E-state index is 12.5. The van der Waals surface area contributed by atoms with Crippen LogP contribution in [-0.4, -0.2) is 42.9 Å². The molecule has 8 heteroatoms. The zero-order valence-electron chi connectivity index (χ0n) is 8.70. The van der Waals surface area contributed by atoms with Crippen molar-refractivity contribution >= 4 is 0 Å². The Kier molecular flexibility index (Phi) is 5.54. The highest BCUT2D eigenvalue weighted by atomic mass is 19.4. The molecule has 2 N–H and O–H groups in total. The molecule has 0 aromatic carbocycles. The lowest BCUT2D eigenvalue weighted by atomic mass is 10.1. The zero-order valence-corrected chi connectivity index (χ0v) is 8.70. The van der Waals surface area contributed by atoms with Gasteiger partial charge in [-0.1, -0.05) is 6.92 Å². The molecule has 0 amide bonds. The van der Waals surface area contributed by atoms with Crippen molar-refractivity contribution in [3.63, 3.8) is 0 Å². The van der Waals surface area contributed by atoms with Crippen LogP contribution in [0.1, 0.15) is 13.3 Å². The van der Waals surface area contributed by atoms with Gasteiger partial charge in [0.1, 0.15) is 6.04 Å². The largest absolute Gasteiger partial charge is 0.404 e. The predicted octanol–water partition coefficient (Wildman–Crippen LogP) is 2.15. The molecular weight excluding hydrogens is 238 g/mol. The summed E-state index contributed by atoms with van der Waals surface area (Å²) in [5.41, 5.74) is 4.97. The molecular formula is C8H14F6N2. The van der Waals surface area contributed by atoms with E-state index in [1.54, 1.807) is 0 Å². The Morgan fingerprint density at radius 2 is 1.62 bits per heavy atom. The summed E-state index contributed by atoms with van der Waals surface area (Å²) >= 11 is 0. The third-order valence-electron chi connectivity index (χ3n) is 2.05. The molecule has 1 atom stereocenters. The van der Waals surface area contributed by atoms with Crippen molar-refractivity contribution in [3.8, 4) is 0 Å². The molecule has 0 fully saturated rings. The molecule has 0 heterocycles. The van der Waals surface area contributed by atoms with E-state index in [4.69, 9.17) is 5.73 Å². The second-order valence-corrected chi connectivity index (χ2v) is 3.31. The van der Waals surface area contributed by atoms with Gasteiger partial charge in [0.25, 0.3) is 0 Å². The quantitative estimate of drug-likeness (QED) is 0.760. The maximum Gasteiger partial charge on any atom is 0.404 e. The predicted molar refractivity (Wildman–Crippen MR) is 46.8 cm³/mol. The molecule has 0 spiro atoms. The van der Waals surface area contributed by atoms with Gasteiger partial charge in [-0.15, -0.1) is 0 Å². The van der Waals surface area contributed by atoms with Crippen LogP contribution in [0.15, 0.2) is 0 Å². The molecule has 0 bridgehead atoms. The van der Waals surface area contributed by atoms with Gasteiger partial charge in [0.15, 0.2) is 0 Å². The summed E-state index contributed by atoms with van der Waals surface area (Å²) in [4.78, 5) is 0.340. The molecule has 0 aromatic heterocycles. The topological polar surface area (TPSA) is 29.3 Å². The summed E-state index contributed by atoms with van der Waals surface area (Å²) in [5.74, 6) is 0. The molecule has 0 aromatic rings. The Morgan fingerprint density at radius 3 is 1.88 bits per heavy atom. The molecule has 0 saturated heterocycles. The number of alkyl halides is 6. The van der Waals surface area contributed by atoms with Crippen LogP contribution in [-0.2, 0) is 0 Å². The van der Waals surface area contributed by atoms with Gasteiger partial charge < -0.3 is 5.73 Å². The van der Waals surface area contributed by atoms with Crippen LogP contribution in [0.4, 0.5) is 26.3 Å². The maximum absolute atomic E-state index is 12.5. The SMILES string of the molecule is CCN(CC(F)(F)F)C(CCN)C(F)(F)F. The molecule has 0 aliphatic carbocycles. The first-order chi connectivity index (χ1) is 7.11. The average Bonchev–Trinajstić information content (AvgIpc) is 2.07. The number of rotatable bonds is 5. The summed E-state index contributed by atoms with van der Waals surface area (Å²) in [6, 6.07) is -2.14. The van der Waals surface area contributed by atoms with Gasteiger partial charge in [0.2, 0.25) is 0 Å². The van der Waals surface area contributed by atoms with Crippen LogP contribution >= 0.6 is 0 Å². The molecule has 0 aliphatic heterocycles. The lowest BCUT2D eigenvalue weighted by Crippen LogP contribution is -2.50. The minimum Gasteiger partial charge on any atom is -0.330 e. The third kappa shape index (κ3) is 5.55. The summed E-state index contributed by atoms with van der Waals surface area (Å²) < 4.78 is 73.5. The lowest BCUT2D eigenvalue weighted by molar-refractivity contribution is -0.209. The summed E-state index contributed by atoms with van der Waals surface area (Å²) in [5, 5.41) is 0. The Bertz CT molecular complexity index is 200. The molecule has 0 saturated carbocycles. The van der Waals surface area contributed by atoms with E-state index in [1.807, 2.05) is 0 Å². The molecule has 2 nitrogen and oxygen atoms in total. The number of halogens is 6. The number of nitrogens with two attached hydrogens (primary N) is 1. The van der Waals surface area contributed by atoms with Crippen LogP contribution in [0.2, 0.25) is 0 Å². The first-order valence-electron chi connectivity index (χ1n) is 4.69. The first-order valence-corrected chi connectivity index (χ1v) is 4.69. The molecule has 16 heavy (non-hydrogen) atoms. The Labute approximate surface area is 89.4 Å². The van der Waals surface area contributed by atoms with Crippen LogP contribution in [0.25, 0.3) is 0 Å². The van der Waals surface area contributed by atoms with E-state index in [-0.39, 0.29) is 13.1 Å². The van der Waals surface area contributed by atoms with E-state index in [0.717, 1.165) is 0 Å². The fourth-order valence-corrected chi connectivity index (χ4v) is 1.38. The minimum absolute atomic E-state index is 0.307. The highest BCUT2D eigenvalue weighted by molar-refractivity contribution is 4.80. The van der Waals surface area contributed by atoms with Gasteiger partial charge in [-0.05, 0) is 19.5 Å². The Balaban J connectivity index is 4.72. The van der Waals surface area contributed by atoms with Crippen LogP contribution in [0, 0.1) is 0 Å². The van der Waals surface area contributed by atoms with Crippen molar-refractivity contribution in [2.24, 2.45) is 5.73 Å². The van der Waals surface area contributed by atoms with Gasteiger partial charge in [0, 0.05) is 0 Å². The molecule has 0 aliphatic rings. The molecule has 1 unspecified atom stereocenters. The van der Waals surface area contributed by atoms with Crippen molar-refractivity contribution in [2.75, 3.05) is 19.6 Å². The number of hydrogen-bond donors (Lipinski definition) is 1. The van der Waals surface area contributed by atoms with Crippen LogP contribution < -0.4 is 5.73 Å². The second kappa shape index (κ2) is 5.72. The van der Waals surface area contributed by atoms with Crippen molar-refractivity contribution < 1.29 is 26.3 Å². The molecule has 0 rings (SSSR count). The number of hydrogen-bond acceptors (Lipinski definition) is 2. The Hall–Kier alpha value is -0.500. The first kappa shape index (κ1) is 15.5. The highest BCUT2D eigenvalue weighted by Crippen LogP contribution is 2.29. The van der Waals surface area contributed by atoms with Crippen LogP contribution in [0.3, 0.4) is 0 Å². The van der Waals surface area contributed by atoms with E-state index >= 15 is 0 Å². The normalized spacial score (nSPS) is 15.6. The average molecular weight is 252 g/mol. The van der Waals surface area contributed by atoms with Gasteiger partial charge in [-0.25, -0.2) is 0 Å². The number of nitrogens with zero attached hydrogens (tertiary/aromatic N) is 1. The molecule has 0 radical (unpaired) electrons. The van der Waals surface area contributed by atoms with E-state index in [1.165, 1.54) is 6.92 Å². The summed E-state index contributed by atoms with van der Waals surface area (Å²) in [6.07, 6.45) is -9.87. The van der Waals surface area contributed by atoms with E-state index in [2.05, 4.69) is 0 Å². The summed E-state index contributed by atoms with van der Waals surface area (Å²) in [7, 11) is 0. The van der Waals surface area contributed by atoms with E-state index in [0.29, 0.717) is 4.90 Å². The van der Waals surface area contributed by atoms with Crippen molar-refractivity contribution in [2.45, 2.75) is 31.7 Å². The smallest absolute Gasteiger partial charge is 0.330 e. The van der Waals surface area contributed by atoms with E-state index in [9.17, 15) is 26.3 Å². The van der Waals surface area contributed by atoms with Crippen molar-refractivity contribution in [1.29, 1.82) is 0 Å². The van der Waals surface area contributed by atoms with Crippen molar-refractivity contribution in [3.05, 3.63) is 0 Å². The standard InChI is InChI=1S/C8H14F6N2/c1-2-16(5-7(9,10)11)6(3-4-15)8(12,13)14/h6H,2-5,15H2,1H3. The van der Waals surface area contributed by atoms with Crippen LogP contribution in [0.5, 0.6) is 0 Å². The highest BCUT2D eigenvalue weighted by Gasteiger charge is 2.45. The second-order valence-electron chi connectivity index (χ2n) is 3.31. The van der Waals surface area contributed by atoms with Gasteiger partial charge in [-0.2, -0.15) is 26.3 Å². The Morgan fingerprint density at radius 1 is 1.12 bits per heavy atom. The zero-order chi connectivity index (χ0) is 13.0. The lowest BCUT2D eigenvalue weighted by Gasteiger charge is -2.32. The van der Waals surface area contributed by atoms with Gasteiger partial charge >= 0.3 is 12.4 Å². The third-order valence-corrected chi connectivity index (χ3v) is 2.05. The molecule has 98 valence electrons. The van der Waals surface area contributed by atoms with Gasteiger partial charge in [0.05, 0.1) is 6.54 Å². The minimum atomic E-state index is -4.69. The monoisotopic (exact) mass is 252 g/mol.